The highest BCUT2D eigenvalue weighted by atomic mass is 16.5. The lowest BCUT2D eigenvalue weighted by molar-refractivity contribution is 0.0582. The van der Waals surface area contributed by atoms with E-state index in [-0.39, 0.29) is 6.10 Å². The highest BCUT2D eigenvalue weighted by Gasteiger charge is 2.25. The third kappa shape index (κ3) is 5.42. The molecule has 118 valence electrons. The Morgan fingerprint density at radius 1 is 1.14 bits per heavy atom. The standard InChI is InChI=1S/C18H29NO2/c1-21-15-7-3-6-12-19-13-10-17(11-14-19)18(20)16-8-4-2-5-9-16/h2,4-5,8-9,17-18,20H,3,6-7,10-15H2,1H3. The molecule has 0 radical (unpaired) electrons. The van der Waals surface area contributed by atoms with E-state index in [1.165, 1.54) is 25.8 Å². The molecule has 0 bridgehead atoms. The van der Waals surface area contributed by atoms with Crippen molar-refractivity contribution in [2.45, 2.75) is 38.2 Å². The second kappa shape index (κ2) is 9.19. The minimum absolute atomic E-state index is 0.296. The van der Waals surface area contributed by atoms with E-state index in [4.69, 9.17) is 4.74 Å². The van der Waals surface area contributed by atoms with Gasteiger partial charge in [-0.05, 0) is 63.2 Å². The first-order chi connectivity index (χ1) is 10.3. The molecule has 2 rings (SSSR count). The third-order valence-corrected chi connectivity index (χ3v) is 4.54. The molecule has 1 fully saturated rings. The number of aliphatic hydroxyl groups is 1. The third-order valence-electron chi connectivity index (χ3n) is 4.54. The van der Waals surface area contributed by atoms with Crippen LogP contribution in [0.15, 0.2) is 30.3 Å². The average Bonchev–Trinajstić information content (AvgIpc) is 2.55. The van der Waals surface area contributed by atoms with Gasteiger partial charge in [-0.25, -0.2) is 0 Å². The van der Waals surface area contributed by atoms with Crippen LogP contribution in [0, 0.1) is 5.92 Å². The zero-order valence-electron chi connectivity index (χ0n) is 13.2. The summed E-state index contributed by atoms with van der Waals surface area (Å²) in [5, 5.41) is 10.5. The van der Waals surface area contributed by atoms with Crippen molar-refractivity contribution in [2.24, 2.45) is 5.92 Å². The molecule has 0 saturated carbocycles. The summed E-state index contributed by atoms with van der Waals surface area (Å²) in [6.45, 7) is 4.32. The van der Waals surface area contributed by atoms with Gasteiger partial charge in [0.1, 0.15) is 0 Å². The Labute approximate surface area is 128 Å². The molecule has 0 aliphatic carbocycles. The number of piperidine rings is 1. The van der Waals surface area contributed by atoms with Gasteiger partial charge in [-0.1, -0.05) is 30.3 Å². The SMILES string of the molecule is COCCCCCN1CCC(C(O)c2ccccc2)CC1. The Balaban J connectivity index is 1.66. The highest BCUT2D eigenvalue weighted by molar-refractivity contribution is 5.18. The van der Waals surface area contributed by atoms with Crippen LogP contribution in [-0.2, 0) is 4.74 Å². The first kappa shape index (κ1) is 16.5. The molecule has 1 aromatic rings. The lowest BCUT2D eigenvalue weighted by Gasteiger charge is -2.34. The van der Waals surface area contributed by atoms with E-state index in [1.807, 2.05) is 30.3 Å². The van der Waals surface area contributed by atoms with Gasteiger partial charge >= 0.3 is 0 Å². The van der Waals surface area contributed by atoms with Gasteiger partial charge in [0.05, 0.1) is 6.10 Å². The molecule has 1 unspecified atom stereocenters. The van der Waals surface area contributed by atoms with Crippen molar-refractivity contribution in [2.75, 3.05) is 33.4 Å². The molecule has 1 aromatic carbocycles. The topological polar surface area (TPSA) is 32.7 Å². The number of nitrogens with zero attached hydrogens (tertiary/aromatic N) is 1. The van der Waals surface area contributed by atoms with Crippen molar-refractivity contribution in [3.05, 3.63) is 35.9 Å². The molecule has 1 aliphatic heterocycles. The number of unbranched alkanes of at least 4 members (excludes halogenated alkanes) is 2. The molecule has 0 amide bonds. The van der Waals surface area contributed by atoms with Gasteiger partial charge in [-0.3, -0.25) is 0 Å². The molecule has 1 saturated heterocycles. The van der Waals surface area contributed by atoms with E-state index in [2.05, 4.69) is 4.90 Å². The number of aliphatic hydroxyl groups excluding tert-OH is 1. The van der Waals surface area contributed by atoms with E-state index in [9.17, 15) is 5.11 Å². The predicted molar refractivity (Wildman–Crippen MR) is 86.3 cm³/mol. The number of likely N-dealkylation sites (tertiary alicyclic amines) is 1. The van der Waals surface area contributed by atoms with Gasteiger partial charge in [0, 0.05) is 13.7 Å². The van der Waals surface area contributed by atoms with E-state index in [1.54, 1.807) is 7.11 Å². The van der Waals surface area contributed by atoms with Crippen LogP contribution in [0.5, 0.6) is 0 Å². The first-order valence-corrected chi connectivity index (χ1v) is 8.25. The quantitative estimate of drug-likeness (QED) is 0.746. The zero-order chi connectivity index (χ0) is 14.9. The summed E-state index contributed by atoms with van der Waals surface area (Å²) in [4.78, 5) is 2.54. The molecule has 1 atom stereocenters. The Hall–Kier alpha value is -0.900. The van der Waals surface area contributed by atoms with Crippen molar-refractivity contribution < 1.29 is 9.84 Å². The molecule has 3 nitrogen and oxygen atoms in total. The summed E-state index contributed by atoms with van der Waals surface area (Å²) >= 11 is 0. The lowest BCUT2D eigenvalue weighted by atomic mass is 9.87. The smallest absolute Gasteiger partial charge is 0.0819 e. The van der Waals surface area contributed by atoms with Crippen LogP contribution >= 0.6 is 0 Å². The van der Waals surface area contributed by atoms with Crippen molar-refractivity contribution in [1.29, 1.82) is 0 Å². The van der Waals surface area contributed by atoms with Gasteiger partial charge in [0.15, 0.2) is 0 Å². The van der Waals surface area contributed by atoms with Gasteiger partial charge in [0.2, 0.25) is 0 Å². The van der Waals surface area contributed by atoms with Crippen molar-refractivity contribution in [1.82, 2.24) is 4.90 Å². The molecular weight excluding hydrogens is 262 g/mol. The number of ether oxygens (including phenoxy) is 1. The summed E-state index contributed by atoms with van der Waals surface area (Å²) in [5.41, 5.74) is 1.07. The van der Waals surface area contributed by atoms with Gasteiger partial charge in [-0.2, -0.15) is 0 Å². The van der Waals surface area contributed by atoms with E-state index >= 15 is 0 Å². The maximum Gasteiger partial charge on any atom is 0.0819 e. The van der Waals surface area contributed by atoms with Crippen LogP contribution in [0.2, 0.25) is 0 Å². The van der Waals surface area contributed by atoms with Crippen LogP contribution in [0.4, 0.5) is 0 Å². The lowest BCUT2D eigenvalue weighted by Crippen LogP contribution is -2.36. The van der Waals surface area contributed by atoms with Crippen LogP contribution in [-0.4, -0.2) is 43.4 Å². The second-order valence-electron chi connectivity index (χ2n) is 6.09. The normalized spacial score (nSPS) is 18.8. The fourth-order valence-electron chi connectivity index (χ4n) is 3.17. The van der Waals surface area contributed by atoms with Crippen LogP contribution in [0.1, 0.15) is 43.8 Å². The Morgan fingerprint density at radius 2 is 1.86 bits per heavy atom. The Kier molecular flexibility index (Phi) is 7.20. The maximum absolute atomic E-state index is 10.5. The van der Waals surface area contributed by atoms with Gasteiger partial charge in [-0.15, -0.1) is 0 Å². The Bertz CT molecular complexity index is 374. The summed E-state index contributed by atoms with van der Waals surface area (Å²) in [7, 11) is 1.77. The largest absolute Gasteiger partial charge is 0.388 e. The van der Waals surface area contributed by atoms with E-state index in [0.29, 0.717) is 5.92 Å². The Morgan fingerprint density at radius 3 is 2.52 bits per heavy atom. The first-order valence-electron chi connectivity index (χ1n) is 8.25. The molecule has 0 aromatic heterocycles. The fraction of sp³-hybridized carbons (Fsp3) is 0.667. The average molecular weight is 291 g/mol. The van der Waals surface area contributed by atoms with E-state index in [0.717, 1.165) is 38.1 Å². The van der Waals surface area contributed by atoms with Crippen LogP contribution in [0.25, 0.3) is 0 Å². The van der Waals surface area contributed by atoms with E-state index < -0.39 is 0 Å². The second-order valence-corrected chi connectivity index (χ2v) is 6.09. The molecule has 1 aliphatic rings. The van der Waals surface area contributed by atoms with Crippen LogP contribution < -0.4 is 0 Å². The van der Waals surface area contributed by atoms with Crippen molar-refractivity contribution >= 4 is 0 Å². The number of methoxy groups -OCH3 is 1. The van der Waals surface area contributed by atoms with Gasteiger partial charge < -0.3 is 14.7 Å². The summed E-state index contributed by atoms with van der Waals surface area (Å²) in [5.74, 6) is 0.414. The fourth-order valence-corrected chi connectivity index (χ4v) is 3.17. The summed E-state index contributed by atoms with van der Waals surface area (Å²) in [6.07, 6.45) is 5.59. The number of benzene rings is 1. The molecular formula is C18H29NO2. The number of hydrogen-bond donors (Lipinski definition) is 1. The molecule has 1 N–H and O–H groups in total. The monoisotopic (exact) mass is 291 g/mol. The number of hydrogen-bond acceptors (Lipinski definition) is 3. The van der Waals surface area contributed by atoms with Crippen LogP contribution in [0.3, 0.4) is 0 Å². The minimum atomic E-state index is -0.296. The maximum atomic E-state index is 10.5. The molecule has 21 heavy (non-hydrogen) atoms. The predicted octanol–water partition coefficient (Wildman–Crippen LogP) is 3.25. The highest BCUT2D eigenvalue weighted by Crippen LogP contribution is 2.30. The minimum Gasteiger partial charge on any atom is -0.388 e. The molecule has 3 heteroatoms. The summed E-state index contributed by atoms with van der Waals surface area (Å²) < 4.78 is 5.07. The van der Waals surface area contributed by atoms with Crippen molar-refractivity contribution in [3.63, 3.8) is 0 Å². The summed E-state index contributed by atoms with van der Waals surface area (Å²) in [6, 6.07) is 10.1. The molecule has 1 heterocycles. The zero-order valence-corrected chi connectivity index (χ0v) is 13.2. The van der Waals surface area contributed by atoms with Gasteiger partial charge in [0.25, 0.3) is 0 Å². The van der Waals surface area contributed by atoms with Crippen molar-refractivity contribution in [3.8, 4) is 0 Å². The molecule has 0 spiro atoms. The number of rotatable bonds is 8.